The Morgan fingerprint density at radius 1 is 1.22 bits per heavy atom. The number of carbonyl (C=O) groups excluding carboxylic acids is 1. The summed E-state index contributed by atoms with van der Waals surface area (Å²) < 4.78 is 23.8. The molecule has 1 amide bonds. The molecule has 0 saturated heterocycles. The van der Waals surface area contributed by atoms with Gasteiger partial charge < -0.3 is 9.47 Å². The smallest absolute Gasteiger partial charge is 0.271 e. The van der Waals surface area contributed by atoms with E-state index >= 15 is 0 Å². The van der Waals surface area contributed by atoms with Crippen molar-refractivity contribution in [2.45, 2.75) is 0 Å². The fraction of sp³-hybridized carbons (Fsp3) is 0.125. The van der Waals surface area contributed by atoms with Crippen molar-refractivity contribution in [1.82, 2.24) is 5.43 Å². The molecule has 0 aliphatic heterocycles. The Labute approximate surface area is 137 Å². The number of benzene rings is 2. The molecule has 0 fully saturated rings. The third-order valence-corrected chi connectivity index (χ3v) is 3.33. The summed E-state index contributed by atoms with van der Waals surface area (Å²) in [4.78, 5) is 12.0. The summed E-state index contributed by atoms with van der Waals surface area (Å²) in [7, 11) is 2.97. The van der Waals surface area contributed by atoms with Crippen LogP contribution in [0.3, 0.4) is 0 Å². The molecule has 0 radical (unpaired) electrons. The Hall–Kier alpha value is -2.60. The topological polar surface area (TPSA) is 59.9 Å². The van der Waals surface area contributed by atoms with Crippen LogP contribution >= 0.6 is 11.6 Å². The second kappa shape index (κ2) is 7.60. The molecular formula is C16H14ClFN2O3. The SMILES string of the molecule is COc1ccc(C(=O)N/N=C\c2c(F)cccc2Cl)cc1OC. The summed E-state index contributed by atoms with van der Waals surface area (Å²) in [5.41, 5.74) is 2.72. The van der Waals surface area contributed by atoms with Crippen LogP contribution < -0.4 is 14.9 Å². The zero-order valence-corrected chi connectivity index (χ0v) is 13.2. The Bertz CT molecular complexity index is 730. The van der Waals surface area contributed by atoms with E-state index in [1.807, 2.05) is 0 Å². The zero-order chi connectivity index (χ0) is 16.8. The molecule has 7 heteroatoms. The van der Waals surface area contributed by atoms with Gasteiger partial charge in [0.1, 0.15) is 5.82 Å². The third kappa shape index (κ3) is 3.98. The van der Waals surface area contributed by atoms with E-state index in [0.717, 1.165) is 6.21 Å². The number of nitrogens with one attached hydrogen (secondary N) is 1. The number of hydrogen-bond acceptors (Lipinski definition) is 4. The molecule has 0 aromatic heterocycles. The Morgan fingerprint density at radius 2 is 1.96 bits per heavy atom. The first-order valence-corrected chi connectivity index (χ1v) is 6.94. The molecule has 0 unspecified atom stereocenters. The van der Waals surface area contributed by atoms with Gasteiger partial charge in [-0.15, -0.1) is 0 Å². The van der Waals surface area contributed by atoms with E-state index in [2.05, 4.69) is 10.5 Å². The highest BCUT2D eigenvalue weighted by Gasteiger charge is 2.10. The van der Waals surface area contributed by atoms with Gasteiger partial charge in [-0.1, -0.05) is 17.7 Å². The fourth-order valence-corrected chi connectivity index (χ4v) is 2.04. The predicted molar refractivity (Wildman–Crippen MR) is 86.0 cm³/mol. The standard InChI is InChI=1S/C16H14ClFN2O3/c1-22-14-7-6-10(8-15(14)23-2)16(21)20-19-9-11-12(17)4-3-5-13(11)18/h3-9H,1-2H3,(H,20,21)/b19-9-. The molecule has 0 spiro atoms. The highest BCUT2D eigenvalue weighted by atomic mass is 35.5. The molecule has 5 nitrogen and oxygen atoms in total. The van der Waals surface area contributed by atoms with Crippen molar-refractivity contribution >= 4 is 23.7 Å². The number of methoxy groups -OCH3 is 2. The number of halogens is 2. The van der Waals surface area contributed by atoms with Gasteiger partial charge in [-0.05, 0) is 30.3 Å². The van der Waals surface area contributed by atoms with Gasteiger partial charge in [0.15, 0.2) is 11.5 Å². The third-order valence-electron chi connectivity index (χ3n) is 3.01. The average molecular weight is 337 g/mol. The van der Waals surface area contributed by atoms with Crippen molar-refractivity contribution in [1.29, 1.82) is 0 Å². The molecule has 23 heavy (non-hydrogen) atoms. The fourth-order valence-electron chi connectivity index (χ4n) is 1.83. The predicted octanol–water partition coefficient (Wildman–Crippen LogP) is 3.26. The van der Waals surface area contributed by atoms with Crippen LogP contribution in [0.5, 0.6) is 11.5 Å². The van der Waals surface area contributed by atoms with Crippen molar-refractivity contribution in [3.63, 3.8) is 0 Å². The van der Waals surface area contributed by atoms with Gasteiger partial charge in [-0.2, -0.15) is 5.10 Å². The lowest BCUT2D eigenvalue weighted by Crippen LogP contribution is -2.17. The minimum atomic E-state index is -0.526. The maximum Gasteiger partial charge on any atom is 0.271 e. The summed E-state index contributed by atoms with van der Waals surface area (Å²) in [6.07, 6.45) is 1.15. The highest BCUT2D eigenvalue weighted by molar-refractivity contribution is 6.33. The van der Waals surface area contributed by atoms with E-state index in [1.165, 1.54) is 38.5 Å². The van der Waals surface area contributed by atoms with Gasteiger partial charge in [0.05, 0.1) is 25.5 Å². The summed E-state index contributed by atoms with van der Waals surface area (Å²) >= 11 is 5.86. The van der Waals surface area contributed by atoms with Crippen molar-refractivity contribution in [3.8, 4) is 11.5 Å². The first kappa shape index (κ1) is 16.8. The number of hydrogen-bond donors (Lipinski definition) is 1. The highest BCUT2D eigenvalue weighted by Crippen LogP contribution is 2.27. The quantitative estimate of drug-likeness (QED) is 0.673. The van der Waals surface area contributed by atoms with Crippen LogP contribution in [-0.4, -0.2) is 26.3 Å². The van der Waals surface area contributed by atoms with Gasteiger partial charge in [0, 0.05) is 11.1 Å². The van der Waals surface area contributed by atoms with Gasteiger partial charge in [-0.25, -0.2) is 9.82 Å². The largest absolute Gasteiger partial charge is 0.493 e. The molecule has 2 aromatic carbocycles. The van der Waals surface area contributed by atoms with E-state index in [1.54, 1.807) is 12.1 Å². The number of nitrogens with zero attached hydrogens (tertiary/aromatic N) is 1. The van der Waals surface area contributed by atoms with Crippen LogP contribution in [-0.2, 0) is 0 Å². The first-order valence-electron chi connectivity index (χ1n) is 6.56. The lowest BCUT2D eigenvalue weighted by Gasteiger charge is -2.08. The van der Waals surface area contributed by atoms with E-state index in [9.17, 15) is 9.18 Å². The van der Waals surface area contributed by atoms with Gasteiger partial charge in [0.2, 0.25) is 0 Å². The van der Waals surface area contributed by atoms with Gasteiger partial charge >= 0.3 is 0 Å². The summed E-state index contributed by atoms with van der Waals surface area (Å²) in [5.74, 6) is -0.0803. The molecule has 0 aliphatic rings. The molecule has 0 aliphatic carbocycles. The summed E-state index contributed by atoms with van der Waals surface area (Å²) in [6.45, 7) is 0. The van der Waals surface area contributed by atoms with Gasteiger partial charge in [0.25, 0.3) is 5.91 Å². The van der Waals surface area contributed by atoms with E-state index in [0.29, 0.717) is 17.1 Å². The molecule has 0 atom stereocenters. The molecule has 120 valence electrons. The normalized spacial score (nSPS) is 10.6. The number of rotatable bonds is 5. The maximum atomic E-state index is 13.6. The second-order valence-corrected chi connectivity index (χ2v) is 4.81. The minimum Gasteiger partial charge on any atom is -0.493 e. The molecular weight excluding hydrogens is 323 g/mol. The van der Waals surface area contributed by atoms with Crippen molar-refractivity contribution in [2.24, 2.45) is 5.10 Å². The van der Waals surface area contributed by atoms with E-state index in [-0.39, 0.29) is 10.6 Å². The number of ether oxygens (including phenoxy) is 2. The molecule has 1 N–H and O–H groups in total. The lowest BCUT2D eigenvalue weighted by molar-refractivity contribution is 0.0954. The maximum absolute atomic E-state index is 13.6. The van der Waals surface area contributed by atoms with E-state index < -0.39 is 11.7 Å². The van der Waals surface area contributed by atoms with Crippen LogP contribution in [0.25, 0.3) is 0 Å². The summed E-state index contributed by atoms with van der Waals surface area (Å²) in [6, 6.07) is 8.94. The number of hydrazone groups is 1. The second-order valence-electron chi connectivity index (χ2n) is 4.40. The number of carbonyl (C=O) groups is 1. The lowest BCUT2D eigenvalue weighted by atomic mass is 10.2. The van der Waals surface area contributed by atoms with Crippen molar-refractivity contribution in [2.75, 3.05) is 14.2 Å². The Balaban J connectivity index is 2.12. The van der Waals surface area contributed by atoms with Crippen molar-refractivity contribution < 1.29 is 18.7 Å². The van der Waals surface area contributed by atoms with Crippen molar-refractivity contribution in [3.05, 3.63) is 58.4 Å². The van der Waals surface area contributed by atoms with Gasteiger partial charge in [-0.3, -0.25) is 4.79 Å². The van der Waals surface area contributed by atoms with Crippen LogP contribution in [0, 0.1) is 5.82 Å². The molecule has 0 heterocycles. The zero-order valence-electron chi connectivity index (χ0n) is 12.5. The van der Waals surface area contributed by atoms with Crippen LogP contribution in [0.2, 0.25) is 5.02 Å². The van der Waals surface area contributed by atoms with Crippen LogP contribution in [0.15, 0.2) is 41.5 Å². The van der Waals surface area contributed by atoms with Crippen LogP contribution in [0.1, 0.15) is 15.9 Å². The monoisotopic (exact) mass is 336 g/mol. The molecule has 2 rings (SSSR count). The average Bonchev–Trinajstić information content (AvgIpc) is 2.56. The molecule has 2 aromatic rings. The Morgan fingerprint density at radius 3 is 2.61 bits per heavy atom. The number of amides is 1. The molecule has 0 saturated carbocycles. The van der Waals surface area contributed by atoms with E-state index in [4.69, 9.17) is 21.1 Å². The minimum absolute atomic E-state index is 0.0989. The first-order chi connectivity index (χ1) is 11.1. The Kier molecular flexibility index (Phi) is 5.54. The summed E-state index contributed by atoms with van der Waals surface area (Å²) in [5, 5.41) is 3.92. The molecule has 0 bridgehead atoms. The van der Waals surface area contributed by atoms with Crippen LogP contribution in [0.4, 0.5) is 4.39 Å².